The maximum atomic E-state index is 12.8. The molecule has 0 radical (unpaired) electrons. The molecule has 3 aromatic heterocycles. The highest BCUT2D eigenvalue weighted by Gasteiger charge is 2.14. The van der Waals surface area contributed by atoms with E-state index in [0.29, 0.717) is 17.8 Å². The second kappa shape index (κ2) is 7.19. The van der Waals surface area contributed by atoms with Gasteiger partial charge >= 0.3 is 0 Å². The summed E-state index contributed by atoms with van der Waals surface area (Å²) in [5.41, 5.74) is 2.84. The van der Waals surface area contributed by atoms with Gasteiger partial charge in [0.25, 0.3) is 5.91 Å². The number of aromatic nitrogens is 3. The summed E-state index contributed by atoms with van der Waals surface area (Å²) in [6, 6.07) is 19.1. The molecule has 3 heterocycles. The van der Waals surface area contributed by atoms with Crippen molar-refractivity contribution in [2.75, 3.05) is 6.54 Å². The number of benzene rings is 1. The van der Waals surface area contributed by atoms with E-state index in [9.17, 15) is 4.79 Å². The molecule has 0 aliphatic carbocycles. The second-order valence-corrected chi connectivity index (χ2v) is 5.96. The van der Waals surface area contributed by atoms with Gasteiger partial charge in [-0.3, -0.25) is 9.78 Å². The number of carbonyl (C=O) groups excluding carboxylic acids is 1. The van der Waals surface area contributed by atoms with Crippen LogP contribution in [-0.4, -0.2) is 27.0 Å². The van der Waals surface area contributed by atoms with Gasteiger partial charge < -0.3 is 9.88 Å². The van der Waals surface area contributed by atoms with Crippen LogP contribution in [0, 0.1) is 0 Å². The Morgan fingerprint density at radius 3 is 2.58 bits per heavy atom. The summed E-state index contributed by atoms with van der Waals surface area (Å²) >= 11 is 0. The molecule has 1 N–H and O–H groups in total. The van der Waals surface area contributed by atoms with Crippen LogP contribution in [0.5, 0.6) is 0 Å². The van der Waals surface area contributed by atoms with Crippen LogP contribution in [0.15, 0.2) is 79.3 Å². The van der Waals surface area contributed by atoms with Crippen molar-refractivity contribution in [3.8, 4) is 11.4 Å². The number of pyridine rings is 2. The highest BCUT2D eigenvalue weighted by molar-refractivity contribution is 6.07. The summed E-state index contributed by atoms with van der Waals surface area (Å²) in [6.45, 7) is 1.29. The van der Waals surface area contributed by atoms with Crippen molar-refractivity contribution in [1.29, 1.82) is 0 Å². The van der Waals surface area contributed by atoms with E-state index in [1.54, 1.807) is 6.20 Å². The normalized spacial score (nSPS) is 10.8. The van der Waals surface area contributed by atoms with E-state index in [2.05, 4.69) is 15.3 Å². The van der Waals surface area contributed by atoms with Crippen molar-refractivity contribution >= 4 is 16.8 Å². The molecule has 0 aliphatic rings. The summed E-state index contributed by atoms with van der Waals surface area (Å²) in [6.07, 6.45) is 5.68. The minimum atomic E-state index is -0.104. The lowest BCUT2D eigenvalue weighted by Crippen LogP contribution is -2.27. The van der Waals surface area contributed by atoms with Gasteiger partial charge in [-0.05, 0) is 36.4 Å². The van der Waals surface area contributed by atoms with E-state index < -0.39 is 0 Å². The maximum absolute atomic E-state index is 12.8. The molecule has 5 heteroatoms. The van der Waals surface area contributed by atoms with Gasteiger partial charge in [-0.2, -0.15) is 0 Å². The number of para-hydroxylation sites is 1. The van der Waals surface area contributed by atoms with Crippen molar-refractivity contribution in [3.63, 3.8) is 0 Å². The summed E-state index contributed by atoms with van der Waals surface area (Å²) in [5.74, 6) is -0.104. The van der Waals surface area contributed by atoms with Crippen molar-refractivity contribution < 1.29 is 4.79 Å². The smallest absolute Gasteiger partial charge is 0.252 e. The molecule has 5 nitrogen and oxygen atoms in total. The Bertz CT molecular complexity index is 1030. The Morgan fingerprint density at radius 2 is 1.77 bits per heavy atom. The van der Waals surface area contributed by atoms with Crippen LogP contribution in [0.4, 0.5) is 0 Å². The van der Waals surface area contributed by atoms with Gasteiger partial charge in [-0.15, -0.1) is 0 Å². The van der Waals surface area contributed by atoms with Crippen LogP contribution in [-0.2, 0) is 6.54 Å². The van der Waals surface area contributed by atoms with E-state index in [0.717, 1.165) is 23.1 Å². The number of nitrogens with one attached hydrogen (secondary N) is 1. The first-order chi connectivity index (χ1) is 12.8. The van der Waals surface area contributed by atoms with E-state index in [-0.39, 0.29) is 5.91 Å². The fraction of sp³-hybridized carbons (Fsp3) is 0.0952. The van der Waals surface area contributed by atoms with Gasteiger partial charge in [-0.25, -0.2) is 4.98 Å². The van der Waals surface area contributed by atoms with Crippen LogP contribution in [0.2, 0.25) is 0 Å². The fourth-order valence-corrected chi connectivity index (χ4v) is 2.92. The van der Waals surface area contributed by atoms with Crippen molar-refractivity contribution in [2.24, 2.45) is 0 Å². The van der Waals surface area contributed by atoms with Crippen LogP contribution < -0.4 is 5.32 Å². The molecule has 0 aliphatic heterocycles. The molecule has 26 heavy (non-hydrogen) atoms. The predicted molar refractivity (Wildman–Crippen MR) is 102 cm³/mol. The molecular weight excluding hydrogens is 324 g/mol. The van der Waals surface area contributed by atoms with Crippen molar-refractivity contribution in [2.45, 2.75) is 6.54 Å². The number of fused-ring (bicyclic) bond motifs is 1. The number of nitrogens with zero attached hydrogens (tertiary/aromatic N) is 3. The Morgan fingerprint density at radius 1 is 0.962 bits per heavy atom. The first-order valence-electron chi connectivity index (χ1n) is 8.51. The molecule has 1 aromatic carbocycles. The van der Waals surface area contributed by atoms with Crippen molar-refractivity contribution in [1.82, 2.24) is 19.9 Å². The third kappa shape index (κ3) is 3.32. The molecular formula is C21H18N4O. The molecule has 0 atom stereocenters. The largest absolute Gasteiger partial charge is 0.353 e. The van der Waals surface area contributed by atoms with Gasteiger partial charge in [-0.1, -0.05) is 24.3 Å². The highest BCUT2D eigenvalue weighted by Crippen LogP contribution is 2.23. The summed E-state index contributed by atoms with van der Waals surface area (Å²) in [4.78, 5) is 21.8. The fourth-order valence-electron chi connectivity index (χ4n) is 2.92. The third-order valence-corrected chi connectivity index (χ3v) is 4.21. The SMILES string of the molecule is O=C(NCCn1cccc1)c1cc(-c2ccccn2)nc2ccccc12. The standard InChI is InChI=1S/C21H18N4O/c26-21(23-11-14-25-12-5-6-13-25)17-15-20(19-9-3-4-10-22-19)24-18-8-2-1-7-16(17)18/h1-10,12-13,15H,11,14H2,(H,23,26). The predicted octanol–water partition coefficient (Wildman–Crippen LogP) is 3.53. The number of amides is 1. The molecule has 0 unspecified atom stereocenters. The quantitative estimate of drug-likeness (QED) is 0.603. The summed E-state index contributed by atoms with van der Waals surface area (Å²) in [5, 5.41) is 3.84. The minimum Gasteiger partial charge on any atom is -0.353 e. The number of carbonyl (C=O) groups is 1. The van der Waals surface area contributed by atoms with Crippen LogP contribution in [0.1, 0.15) is 10.4 Å². The van der Waals surface area contributed by atoms with E-state index in [1.807, 2.05) is 77.6 Å². The maximum Gasteiger partial charge on any atom is 0.252 e. The number of hydrogen-bond acceptors (Lipinski definition) is 3. The zero-order valence-electron chi connectivity index (χ0n) is 14.2. The average Bonchev–Trinajstić information content (AvgIpc) is 3.21. The molecule has 0 fully saturated rings. The first kappa shape index (κ1) is 16.0. The molecule has 1 amide bonds. The van der Waals surface area contributed by atoms with Gasteiger partial charge in [0, 0.05) is 37.1 Å². The number of rotatable bonds is 5. The molecule has 4 rings (SSSR count). The highest BCUT2D eigenvalue weighted by atomic mass is 16.1. The summed E-state index contributed by atoms with van der Waals surface area (Å²) < 4.78 is 2.03. The van der Waals surface area contributed by atoms with Gasteiger partial charge in [0.05, 0.1) is 22.5 Å². The monoisotopic (exact) mass is 342 g/mol. The molecule has 0 bridgehead atoms. The topological polar surface area (TPSA) is 59.8 Å². The Hall–Kier alpha value is -3.47. The second-order valence-electron chi connectivity index (χ2n) is 5.96. The van der Waals surface area contributed by atoms with Crippen molar-refractivity contribution in [3.05, 3.63) is 84.8 Å². The lowest BCUT2D eigenvalue weighted by molar-refractivity contribution is 0.0954. The zero-order valence-corrected chi connectivity index (χ0v) is 14.2. The van der Waals surface area contributed by atoms with Gasteiger partial charge in [0.2, 0.25) is 0 Å². The minimum absolute atomic E-state index is 0.104. The molecule has 0 saturated carbocycles. The third-order valence-electron chi connectivity index (χ3n) is 4.21. The number of hydrogen-bond donors (Lipinski definition) is 1. The molecule has 128 valence electrons. The van der Waals surface area contributed by atoms with E-state index >= 15 is 0 Å². The van der Waals surface area contributed by atoms with Crippen LogP contribution >= 0.6 is 0 Å². The molecule has 4 aromatic rings. The van der Waals surface area contributed by atoms with Crippen LogP contribution in [0.25, 0.3) is 22.3 Å². The Kier molecular flexibility index (Phi) is 4.43. The van der Waals surface area contributed by atoms with Gasteiger partial charge in [0.15, 0.2) is 0 Å². The Balaban J connectivity index is 1.65. The summed E-state index contributed by atoms with van der Waals surface area (Å²) in [7, 11) is 0. The van der Waals surface area contributed by atoms with Crippen LogP contribution in [0.3, 0.4) is 0 Å². The molecule has 0 saturated heterocycles. The van der Waals surface area contributed by atoms with E-state index in [4.69, 9.17) is 0 Å². The Labute approximate surface area is 151 Å². The lowest BCUT2D eigenvalue weighted by Gasteiger charge is -2.10. The van der Waals surface area contributed by atoms with Gasteiger partial charge in [0.1, 0.15) is 0 Å². The first-order valence-corrected chi connectivity index (χ1v) is 8.51. The average molecular weight is 342 g/mol. The van der Waals surface area contributed by atoms with E-state index in [1.165, 1.54) is 0 Å². The molecule has 0 spiro atoms. The lowest BCUT2D eigenvalue weighted by atomic mass is 10.1. The zero-order chi connectivity index (χ0) is 17.8.